The predicted octanol–water partition coefficient (Wildman–Crippen LogP) is 4.22. The normalized spacial score (nSPS) is 14.0. The van der Waals surface area contributed by atoms with Gasteiger partial charge in [0.15, 0.2) is 0 Å². The average Bonchev–Trinajstić information content (AvgIpc) is 3.32. The van der Waals surface area contributed by atoms with E-state index < -0.39 is 21.8 Å². The number of aromatic nitrogens is 2. The Balaban J connectivity index is 1.77. The molecule has 6 nitrogen and oxygen atoms in total. The monoisotopic (exact) mass is 437 g/mol. The van der Waals surface area contributed by atoms with Gasteiger partial charge in [0.1, 0.15) is 11.5 Å². The first-order valence-corrected chi connectivity index (χ1v) is 10.6. The standard InChI is InChI=1S/C20H18F3N3O3S/c1-24-30(27,28)15-8-9-19(29-14-6-4-13(5-7-14)20(21,22)23)16(11-15)17-12-25-26-10-2-3-18(17)26/h4-9,11-12,24H,2-3,10H2,1H3. The van der Waals surface area contributed by atoms with Gasteiger partial charge >= 0.3 is 6.18 Å². The zero-order valence-corrected chi connectivity index (χ0v) is 16.7. The van der Waals surface area contributed by atoms with Gasteiger partial charge in [0.25, 0.3) is 0 Å². The van der Waals surface area contributed by atoms with Gasteiger partial charge in [-0.2, -0.15) is 18.3 Å². The summed E-state index contributed by atoms with van der Waals surface area (Å²) in [4.78, 5) is 0.0534. The summed E-state index contributed by atoms with van der Waals surface area (Å²) in [5.41, 5.74) is 1.43. The van der Waals surface area contributed by atoms with Gasteiger partial charge < -0.3 is 4.74 Å². The van der Waals surface area contributed by atoms with Gasteiger partial charge in [0, 0.05) is 23.4 Å². The lowest BCUT2D eigenvalue weighted by Crippen LogP contribution is -2.18. The molecule has 1 N–H and O–H groups in total. The number of hydrogen-bond acceptors (Lipinski definition) is 4. The summed E-state index contributed by atoms with van der Waals surface area (Å²) in [6.45, 7) is 0.777. The maximum atomic E-state index is 12.8. The van der Waals surface area contributed by atoms with Crippen molar-refractivity contribution < 1.29 is 26.3 Å². The zero-order valence-electron chi connectivity index (χ0n) is 15.9. The van der Waals surface area contributed by atoms with Crippen LogP contribution >= 0.6 is 0 Å². The van der Waals surface area contributed by atoms with Crippen LogP contribution in [0.25, 0.3) is 11.1 Å². The number of nitrogens with one attached hydrogen (secondary N) is 1. The van der Waals surface area contributed by atoms with Crippen LogP contribution in [0.1, 0.15) is 17.7 Å². The topological polar surface area (TPSA) is 73.2 Å². The van der Waals surface area contributed by atoms with E-state index in [2.05, 4.69) is 9.82 Å². The highest BCUT2D eigenvalue weighted by atomic mass is 32.2. The van der Waals surface area contributed by atoms with E-state index in [1.54, 1.807) is 6.20 Å². The fraction of sp³-hybridized carbons (Fsp3) is 0.250. The average molecular weight is 437 g/mol. The molecule has 0 unspecified atom stereocenters. The fourth-order valence-corrected chi connectivity index (χ4v) is 4.18. The summed E-state index contributed by atoms with van der Waals surface area (Å²) < 4.78 is 72.9. The molecule has 0 radical (unpaired) electrons. The molecule has 0 aliphatic carbocycles. The van der Waals surface area contributed by atoms with E-state index in [9.17, 15) is 21.6 Å². The molecule has 0 amide bonds. The van der Waals surface area contributed by atoms with Crippen molar-refractivity contribution in [2.45, 2.75) is 30.5 Å². The van der Waals surface area contributed by atoms with E-state index in [0.29, 0.717) is 11.3 Å². The predicted molar refractivity (Wildman–Crippen MR) is 104 cm³/mol. The Hall–Kier alpha value is -2.85. The molecule has 2 aromatic carbocycles. The molecule has 10 heteroatoms. The van der Waals surface area contributed by atoms with Crippen LogP contribution in [0.4, 0.5) is 13.2 Å². The summed E-state index contributed by atoms with van der Waals surface area (Å²) in [5.74, 6) is 0.532. The molecule has 0 spiro atoms. The lowest BCUT2D eigenvalue weighted by molar-refractivity contribution is -0.137. The van der Waals surface area contributed by atoms with E-state index in [-0.39, 0.29) is 10.6 Å². The van der Waals surface area contributed by atoms with Crippen molar-refractivity contribution in [1.29, 1.82) is 0 Å². The minimum Gasteiger partial charge on any atom is -0.457 e. The van der Waals surface area contributed by atoms with Gasteiger partial charge in [-0.05, 0) is 62.4 Å². The van der Waals surface area contributed by atoms with Crippen LogP contribution in [0.3, 0.4) is 0 Å². The Morgan fingerprint density at radius 3 is 2.50 bits per heavy atom. The highest BCUT2D eigenvalue weighted by Crippen LogP contribution is 2.39. The summed E-state index contributed by atoms with van der Waals surface area (Å²) in [6.07, 6.45) is -1.07. The van der Waals surface area contributed by atoms with Crippen LogP contribution in [0.5, 0.6) is 11.5 Å². The van der Waals surface area contributed by atoms with E-state index in [1.807, 2.05) is 4.68 Å². The Morgan fingerprint density at radius 2 is 1.83 bits per heavy atom. The fourth-order valence-electron chi connectivity index (χ4n) is 3.42. The minimum atomic E-state index is -4.44. The van der Waals surface area contributed by atoms with E-state index >= 15 is 0 Å². The van der Waals surface area contributed by atoms with Crippen LogP contribution in [0, 0.1) is 0 Å². The highest BCUT2D eigenvalue weighted by Gasteiger charge is 2.30. The number of nitrogens with zero attached hydrogens (tertiary/aromatic N) is 2. The van der Waals surface area contributed by atoms with Crippen LogP contribution < -0.4 is 9.46 Å². The van der Waals surface area contributed by atoms with Gasteiger partial charge in [0.05, 0.1) is 16.7 Å². The van der Waals surface area contributed by atoms with E-state index in [0.717, 1.165) is 42.8 Å². The number of aryl methyl sites for hydroxylation is 1. The van der Waals surface area contributed by atoms with Crippen LogP contribution in [0.15, 0.2) is 53.6 Å². The van der Waals surface area contributed by atoms with Crippen molar-refractivity contribution in [3.8, 4) is 22.6 Å². The maximum Gasteiger partial charge on any atom is 0.416 e. The maximum absolute atomic E-state index is 12.8. The number of alkyl halides is 3. The number of fused-ring (bicyclic) bond motifs is 1. The molecule has 4 rings (SSSR count). The second-order valence-electron chi connectivity index (χ2n) is 6.82. The lowest BCUT2D eigenvalue weighted by Gasteiger charge is -2.14. The lowest BCUT2D eigenvalue weighted by atomic mass is 10.0. The molecule has 158 valence electrons. The molecule has 1 aliphatic rings. The molecule has 1 aliphatic heterocycles. The Morgan fingerprint density at radius 1 is 1.10 bits per heavy atom. The molecule has 30 heavy (non-hydrogen) atoms. The number of sulfonamides is 1. The third-order valence-electron chi connectivity index (χ3n) is 4.96. The second-order valence-corrected chi connectivity index (χ2v) is 8.71. The van der Waals surface area contributed by atoms with Crippen molar-refractivity contribution >= 4 is 10.0 Å². The van der Waals surface area contributed by atoms with Crippen molar-refractivity contribution in [3.63, 3.8) is 0 Å². The molecule has 0 atom stereocenters. The van der Waals surface area contributed by atoms with Gasteiger partial charge in [-0.1, -0.05) is 0 Å². The van der Waals surface area contributed by atoms with Crippen molar-refractivity contribution in [3.05, 3.63) is 59.9 Å². The first-order valence-electron chi connectivity index (χ1n) is 9.17. The van der Waals surface area contributed by atoms with Gasteiger partial charge in [-0.3, -0.25) is 4.68 Å². The molecule has 0 saturated heterocycles. The number of halogens is 3. The van der Waals surface area contributed by atoms with Gasteiger partial charge in [0.2, 0.25) is 10.0 Å². The minimum absolute atomic E-state index is 0.0534. The molecule has 2 heterocycles. The van der Waals surface area contributed by atoms with E-state index in [1.165, 1.54) is 37.4 Å². The highest BCUT2D eigenvalue weighted by molar-refractivity contribution is 7.89. The number of hydrogen-bond donors (Lipinski definition) is 1. The SMILES string of the molecule is CNS(=O)(=O)c1ccc(Oc2ccc(C(F)(F)F)cc2)c(-c2cnn3c2CCC3)c1. The van der Waals surface area contributed by atoms with E-state index in [4.69, 9.17) is 4.74 Å². The Labute approximate surface area is 171 Å². The van der Waals surface area contributed by atoms with Crippen molar-refractivity contribution in [2.75, 3.05) is 7.05 Å². The largest absolute Gasteiger partial charge is 0.457 e. The third kappa shape index (κ3) is 3.80. The van der Waals surface area contributed by atoms with Gasteiger partial charge in [-0.15, -0.1) is 0 Å². The number of benzene rings is 2. The molecule has 0 saturated carbocycles. The Kier molecular flexibility index (Phi) is 5.07. The molecular formula is C20H18F3N3O3S. The summed E-state index contributed by atoms with van der Waals surface area (Å²) >= 11 is 0. The first-order chi connectivity index (χ1) is 14.2. The molecule has 1 aromatic heterocycles. The van der Waals surface area contributed by atoms with Crippen LogP contribution in [0.2, 0.25) is 0 Å². The third-order valence-corrected chi connectivity index (χ3v) is 6.37. The first kappa shape index (κ1) is 20.4. The number of rotatable bonds is 5. The van der Waals surface area contributed by atoms with Crippen molar-refractivity contribution in [2.24, 2.45) is 0 Å². The van der Waals surface area contributed by atoms with Gasteiger partial charge in [-0.25, -0.2) is 13.1 Å². The molecule has 0 fully saturated rings. The van der Waals surface area contributed by atoms with Crippen LogP contribution in [-0.4, -0.2) is 25.2 Å². The zero-order chi connectivity index (χ0) is 21.5. The van der Waals surface area contributed by atoms with Crippen molar-refractivity contribution in [1.82, 2.24) is 14.5 Å². The Bertz CT molecular complexity index is 1190. The molecule has 3 aromatic rings. The number of ether oxygens (including phenoxy) is 1. The molecular weight excluding hydrogens is 419 g/mol. The summed E-state index contributed by atoms with van der Waals surface area (Å²) in [7, 11) is -2.38. The summed E-state index contributed by atoms with van der Waals surface area (Å²) in [5, 5.41) is 4.34. The van der Waals surface area contributed by atoms with Crippen LogP contribution in [-0.2, 0) is 29.2 Å². The quantitative estimate of drug-likeness (QED) is 0.649. The summed E-state index contributed by atoms with van der Waals surface area (Å²) in [6, 6.07) is 8.70. The molecule has 0 bridgehead atoms. The second kappa shape index (κ2) is 7.44. The smallest absolute Gasteiger partial charge is 0.416 e.